The maximum atomic E-state index is 13.5. The van der Waals surface area contributed by atoms with Crippen molar-refractivity contribution in [3.05, 3.63) is 188 Å². The Balaban J connectivity index is 0.000000229. The van der Waals surface area contributed by atoms with Gasteiger partial charge in [-0.1, -0.05) is 60.2 Å². The Bertz CT molecular complexity index is 6820. The van der Waals surface area contributed by atoms with E-state index < -0.39 is 103 Å². The molecule has 4 aliphatic heterocycles. The number of aryl methyl sites for hydroxylation is 8. The number of piperidine rings is 2. The zero-order valence-corrected chi connectivity index (χ0v) is 87.2. The Hall–Kier alpha value is -13.5. The van der Waals surface area contributed by atoms with Crippen molar-refractivity contribution < 1.29 is 136 Å². The number of imide groups is 4. The van der Waals surface area contributed by atoms with Crippen LogP contribution in [-0.4, -0.2) is 262 Å². The second kappa shape index (κ2) is 54.3. The number of Topliss-reactive ketones (excluding diaryl/α,β-unsaturated/α-hetero) is 3. The van der Waals surface area contributed by atoms with E-state index in [1.165, 1.54) is 67.1 Å². The highest BCUT2D eigenvalue weighted by atomic mass is 127. The second-order valence-electron chi connectivity index (χ2n) is 34.7. The van der Waals surface area contributed by atoms with Gasteiger partial charge in [0.15, 0.2) is 34.0 Å². The van der Waals surface area contributed by atoms with E-state index in [4.69, 9.17) is 61.9 Å². The van der Waals surface area contributed by atoms with Crippen LogP contribution in [0.25, 0.3) is 22.1 Å². The molecule has 10 aromatic rings. The molecule has 0 saturated carbocycles. The fourth-order valence-corrected chi connectivity index (χ4v) is 18.7. The molecule has 0 spiro atoms. The number of hydrogen-bond acceptors (Lipinski definition) is 32. The van der Waals surface area contributed by atoms with Crippen LogP contribution >= 0.6 is 22.6 Å². The summed E-state index contributed by atoms with van der Waals surface area (Å²) in [4.78, 5) is 185. The van der Waals surface area contributed by atoms with Crippen molar-refractivity contribution >= 4 is 135 Å². The number of ether oxygens (including phenoxy) is 12. The van der Waals surface area contributed by atoms with Crippen molar-refractivity contribution in [1.29, 1.82) is 0 Å². The summed E-state index contributed by atoms with van der Waals surface area (Å²) >= 11 is 2.15. The first kappa shape index (κ1) is 114. The Morgan fingerprint density at radius 3 is 1.07 bits per heavy atom. The summed E-state index contributed by atoms with van der Waals surface area (Å²) in [6.07, 6.45) is 9.83. The maximum Gasteiger partial charge on any atom is 0.341 e. The molecule has 4 aliphatic rings. The first-order valence-electron chi connectivity index (χ1n) is 47.6. The van der Waals surface area contributed by atoms with E-state index in [0.29, 0.717) is 186 Å². The molecule has 6 aromatic carbocycles. The predicted molar refractivity (Wildman–Crippen MR) is 539 cm³/mol. The standard InChI is InChI=1S/C50H58N6O15S.C27H36N2O9.C23H24N4O7S.CH3I/c1-32-51-45(28-53(32)2)72(64,65)31-33-25-40-41(55(4)50(63)54(40)3)27-43(33)71-37-14-9-13-36(26-37)69-29-34(57)11-5-7-19-66-21-23-68-24-22-67-20-8-6-12-35(58)30-70-42-16-10-15-38-46(42)49(62)56(48(38)61)39-17-18-44(59)52-47(39)60;1-2-3-12-35-14-16-37-17-15-36-13-5-4-7-19(30)18-38-22-9-6-8-20-24(22)27(34)29(26(20)33)21-10-11-23(31)28-25(21)32;1-14-24-21(11-25(14)2)35(31,32)13-15-8-18-19(27(4)23(30)26(18)3)10-20(15)34-17-7-5-6-16(9-17)33-12-22(28)29;1-2/h9-10,13-16,25-28,39H,5-8,11-12,17-24,29-31H2,1-4H3,(H,52,59,60);6,8-9,21H,2-5,7,10-18H2,1H3,(H,28,31,32);5-11H,12-13H2,1-4H3,(H,28,29);1H3. The van der Waals surface area contributed by atoms with Crippen LogP contribution in [0.3, 0.4) is 0 Å². The molecule has 2 unspecified atom stereocenters. The van der Waals surface area contributed by atoms with Gasteiger partial charge in [0.1, 0.15) is 89.5 Å². The number of alkyl halides is 1. The Kier molecular flexibility index (Phi) is 42.0. The number of halogens is 1. The number of aromatic nitrogens is 8. The first-order chi connectivity index (χ1) is 70.4. The molecular weight excluding hydrogens is 2070 g/mol. The van der Waals surface area contributed by atoms with Crippen LogP contribution in [0.4, 0.5) is 0 Å². The SMILES string of the molecule is CCCCOCCOCCOCCCCC(=O)COc1cccc2c1C(=O)N(C1CCC(=O)NC1=O)C2=O.CI.Cc1nc(S(=O)(=O)Cc2cc3c(cc2Oc2cccc(OCC(=O)CCCCOCCOCCOCCCCC(=O)COc4cccc5c4C(=O)N(C4CCC(=O)NC4=O)C5=O)c2)n(C)c(=O)n3C)cn1C.Cc1nc(S(=O)(=O)Cc2cc3c(cc2Oc2cccc(OCC(=O)O)c2)n(C)c(=O)n3C)cn1C. The molecule has 0 radical (unpaired) electrons. The summed E-state index contributed by atoms with van der Waals surface area (Å²) < 4.78 is 130. The van der Waals surface area contributed by atoms with E-state index in [1.807, 2.05) is 4.93 Å². The van der Waals surface area contributed by atoms with Gasteiger partial charge in [0.05, 0.1) is 109 Å². The van der Waals surface area contributed by atoms with Crippen molar-refractivity contribution in [2.75, 3.05) is 111 Å². The minimum absolute atomic E-state index is 0.00588. The first-order valence-corrected chi connectivity index (χ1v) is 53.1. The normalized spacial score (nSPS) is 14.5. The number of ketones is 3. The van der Waals surface area contributed by atoms with E-state index in [2.05, 4.69) is 50.1 Å². The third-order valence-electron chi connectivity index (χ3n) is 24.0. The van der Waals surface area contributed by atoms with Crippen LogP contribution in [-0.2, 0) is 140 Å². The fourth-order valence-electron chi connectivity index (χ4n) is 15.9. The molecule has 8 amide bonds. The second-order valence-corrected chi connectivity index (χ2v) is 38.5. The molecule has 4 aromatic heterocycles. The van der Waals surface area contributed by atoms with Gasteiger partial charge in [-0.25, -0.2) is 41.2 Å². The number of hydrogen-bond donors (Lipinski definition) is 3. The lowest BCUT2D eigenvalue weighted by Gasteiger charge is -2.27. The summed E-state index contributed by atoms with van der Waals surface area (Å²) in [6, 6.07) is 26.3. The number of imidazole rings is 4. The zero-order chi connectivity index (χ0) is 106. The van der Waals surface area contributed by atoms with Gasteiger partial charge in [-0.3, -0.25) is 91.4 Å². The smallest absolute Gasteiger partial charge is 0.341 e. The zero-order valence-electron chi connectivity index (χ0n) is 83.4. The molecule has 2 saturated heterocycles. The van der Waals surface area contributed by atoms with Gasteiger partial charge in [0.25, 0.3) is 23.6 Å². The van der Waals surface area contributed by atoms with Gasteiger partial charge in [-0.2, -0.15) is 0 Å². The number of rotatable bonds is 54. The van der Waals surface area contributed by atoms with Crippen molar-refractivity contribution in [2.45, 2.75) is 151 Å². The number of carboxylic acid groups (broad SMARTS) is 1. The molecule has 0 bridgehead atoms. The van der Waals surface area contributed by atoms with E-state index >= 15 is 0 Å². The number of nitrogens with one attached hydrogen (secondary N) is 2. The van der Waals surface area contributed by atoms with Crippen LogP contribution in [0.5, 0.6) is 46.0 Å². The topological polar surface area (TPSA) is 524 Å². The van der Waals surface area contributed by atoms with E-state index in [1.54, 1.807) is 138 Å². The summed E-state index contributed by atoms with van der Waals surface area (Å²) in [6.45, 7) is 10.1. The van der Waals surface area contributed by atoms with Crippen molar-refractivity contribution in [2.24, 2.45) is 42.3 Å². The minimum Gasteiger partial charge on any atom is -0.486 e. The van der Waals surface area contributed by atoms with Gasteiger partial charge in [-0.05, 0) is 137 Å². The van der Waals surface area contributed by atoms with Gasteiger partial charge in [-0.15, -0.1) is 0 Å². The Labute approximate surface area is 861 Å². The van der Waals surface area contributed by atoms with Gasteiger partial charge < -0.3 is 71.1 Å². The van der Waals surface area contributed by atoms with Gasteiger partial charge in [0, 0.05) is 149 Å². The Morgan fingerprint density at radius 1 is 0.401 bits per heavy atom. The number of aliphatic carboxylic acids is 1. The largest absolute Gasteiger partial charge is 0.486 e. The number of carboxylic acids is 1. The van der Waals surface area contributed by atoms with E-state index in [-0.39, 0.29) is 142 Å². The molecular formula is C101H121IN12O31S2. The number of nitrogens with zero attached hydrogens (tertiary/aromatic N) is 10. The van der Waals surface area contributed by atoms with Gasteiger partial charge in [0.2, 0.25) is 43.3 Å². The van der Waals surface area contributed by atoms with Crippen molar-refractivity contribution in [3.8, 4) is 46.0 Å². The third kappa shape index (κ3) is 30.6. The number of benzene rings is 6. The van der Waals surface area contributed by atoms with Crippen LogP contribution in [0, 0.1) is 13.8 Å². The van der Waals surface area contributed by atoms with E-state index in [0.717, 1.165) is 29.2 Å². The fraction of sp³-hybridized carbons (Fsp3) is 0.446. The molecule has 8 heterocycles. The highest BCUT2D eigenvalue weighted by Crippen LogP contribution is 2.40. The molecule has 43 nitrogen and oxygen atoms in total. The molecule has 2 fully saturated rings. The lowest BCUT2D eigenvalue weighted by Crippen LogP contribution is -2.54. The summed E-state index contributed by atoms with van der Waals surface area (Å²) in [5.41, 5.74) is 2.51. The summed E-state index contributed by atoms with van der Waals surface area (Å²) in [7, 11) is 2.15. The number of amides is 8. The number of unbranched alkanes of at least 4 members (excludes halogenated alkanes) is 4. The lowest BCUT2D eigenvalue weighted by atomic mass is 10.0. The van der Waals surface area contributed by atoms with E-state index in [9.17, 15) is 84.0 Å². The van der Waals surface area contributed by atoms with Crippen LogP contribution in [0.1, 0.15) is 167 Å². The lowest BCUT2D eigenvalue weighted by molar-refractivity contribution is -0.139. The van der Waals surface area contributed by atoms with Crippen LogP contribution in [0.15, 0.2) is 141 Å². The molecule has 790 valence electrons. The highest BCUT2D eigenvalue weighted by molar-refractivity contribution is 14.1. The molecule has 46 heteroatoms. The third-order valence-corrected chi connectivity index (χ3v) is 27.0. The number of carbonyl (C=O) groups is 12. The summed E-state index contributed by atoms with van der Waals surface area (Å²) in [5, 5.41) is 13.0. The predicted octanol–water partition coefficient (Wildman–Crippen LogP) is 9.33. The molecule has 0 aliphatic carbocycles. The molecule has 14 rings (SSSR count). The van der Waals surface area contributed by atoms with Crippen molar-refractivity contribution in [1.82, 2.24) is 57.8 Å². The maximum absolute atomic E-state index is 13.5. The molecule has 147 heavy (non-hydrogen) atoms. The molecule has 2 atom stereocenters. The Morgan fingerprint density at radius 2 is 0.728 bits per heavy atom. The van der Waals surface area contributed by atoms with Crippen LogP contribution < -0.4 is 50.4 Å². The highest BCUT2D eigenvalue weighted by Gasteiger charge is 2.48. The number of sulfone groups is 2. The monoisotopic (exact) mass is 2190 g/mol. The van der Waals surface area contributed by atoms with Gasteiger partial charge >= 0.3 is 17.3 Å². The van der Waals surface area contributed by atoms with Crippen LogP contribution in [0.2, 0.25) is 0 Å². The number of fused-ring (bicyclic) bond motifs is 4. The average Bonchev–Trinajstić information content (AvgIpc) is 1.68. The average molecular weight is 2190 g/mol. The minimum atomic E-state index is -3.89. The molecule has 3 N–H and O–H groups in total. The van der Waals surface area contributed by atoms with Crippen molar-refractivity contribution in [3.63, 3.8) is 0 Å². The number of carbonyl (C=O) groups excluding carboxylic acids is 11. The summed E-state index contributed by atoms with van der Waals surface area (Å²) in [5.74, 6) is -4.29. The quantitative estimate of drug-likeness (QED) is 0.0138.